The van der Waals surface area contributed by atoms with Gasteiger partial charge in [-0.05, 0) is 19.1 Å². The summed E-state index contributed by atoms with van der Waals surface area (Å²) in [5.74, 6) is 0.326. The molecule has 0 aromatic carbocycles. The van der Waals surface area contributed by atoms with E-state index in [2.05, 4.69) is 27.9 Å². The SMILES string of the molecule is C=C(C)C(=O)OC.C=Cc1ncccn1. The molecule has 0 N–H and O–H groups in total. The van der Waals surface area contributed by atoms with E-state index in [0.29, 0.717) is 11.4 Å². The minimum absolute atomic E-state index is 0.347. The van der Waals surface area contributed by atoms with Gasteiger partial charge in [0.25, 0.3) is 0 Å². The van der Waals surface area contributed by atoms with E-state index in [4.69, 9.17) is 0 Å². The summed E-state index contributed by atoms with van der Waals surface area (Å²) in [4.78, 5) is 17.9. The number of hydrogen-bond acceptors (Lipinski definition) is 4. The number of carbonyl (C=O) groups excluding carboxylic acids is 1. The number of rotatable bonds is 2. The van der Waals surface area contributed by atoms with E-state index in [-0.39, 0.29) is 5.97 Å². The summed E-state index contributed by atoms with van der Waals surface area (Å²) in [6.07, 6.45) is 4.98. The lowest BCUT2D eigenvalue weighted by Gasteiger charge is -1.91. The van der Waals surface area contributed by atoms with Gasteiger partial charge >= 0.3 is 5.97 Å². The highest BCUT2D eigenvalue weighted by atomic mass is 16.5. The quantitative estimate of drug-likeness (QED) is 0.547. The highest BCUT2D eigenvalue weighted by molar-refractivity contribution is 5.86. The smallest absolute Gasteiger partial charge is 0.332 e. The number of ether oxygens (including phenoxy) is 1. The third kappa shape index (κ3) is 6.15. The minimum atomic E-state index is -0.347. The Balaban J connectivity index is 0.000000265. The summed E-state index contributed by atoms with van der Waals surface area (Å²) in [6.45, 7) is 8.46. The molecule has 0 atom stereocenters. The average molecular weight is 206 g/mol. The third-order valence-corrected chi connectivity index (χ3v) is 1.30. The highest BCUT2D eigenvalue weighted by Crippen LogP contribution is 1.87. The highest BCUT2D eigenvalue weighted by Gasteiger charge is 1.95. The van der Waals surface area contributed by atoms with Gasteiger partial charge < -0.3 is 4.74 Å². The average Bonchev–Trinajstić information content (AvgIpc) is 2.29. The second-order valence-electron chi connectivity index (χ2n) is 2.58. The van der Waals surface area contributed by atoms with Crippen molar-refractivity contribution in [2.24, 2.45) is 0 Å². The summed E-state index contributed by atoms with van der Waals surface area (Å²) < 4.78 is 4.27. The molecule has 0 fully saturated rings. The molecule has 0 unspecified atom stereocenters. The summed E-state index contributed by atoms with van der Waals surface area (Å²) in [6, 6.07) is 1.77. The Morgan fingerprint density at radius 2 is 2.00 bits per heavy atom. The van der Waals surface area contributed by atoms with Crippen LogP contribution in [0.25, 0.3) is 6.08 Å². The Hall–Kier alpha value is -1.97. The number of carbonyl (C=O) groups is 1. The van der Waals surface area contributed by atoms with Crippen LogP contribution in [0.3, 0.4) is 0 Å². The van der Waals surface area contributed by atoms with Gasteiger partial charge in [0.15, 0.2) is 5.82 Å². The van der Waals surface area contributed by atoms with E-state index in [0.717, 1.165) is 0 Å². The molecule has 0 aliphatic carbocycles. The number of methoxy groups -OCH3 is 1. The van der Waals surface area contributed by atoms with Gasteiger partial charge in [0.05, 0.1) is 7.11 Å². The van der Waals surface area contributed by atoms with Crippen LogP contribution in [-0.2, 0) is 9.53 Å². The Labute approximate surface area is 89.3 Å². The van der Waals surface area contributed by atoms with E-state index in [1.807, 2.05) is 0 Å². The second-order valence-corrected chi connectivity index (χ2v) is 2.58. The van der Waals surface area contributed by atoms with E-state index in [1.54, 1.807) is 31.5 Å². The zero-order valence-electron chi connectivity index (χ0n) is 8.93. The maximum atomic E-state index is 10.2. The van der Waals surface area contributed by atoms with Gasteiger partial charge in [-0.1, -0.05) is 13.2 Å². The standard InChI is InChI=1S/C6H6N2.C5H8O2/c1-2-6-7-4-3-5-8-6;1-4(2)5(6)7-3/h2-5H,1H2;1H2,2-3H3. The molecule has 1 aromatic rings. The largest absolute Gasteiger partial charge is 0.466 e. The van der Waals surface area contributed by atoms with Gasteiger partial charge in [-0.3, -0.25) is 0 Å². The number of hydrogen-bond donors (Lipinski definition) is 0. The van der Waals surface area contributed by atoms with Gasteiger partial charge in [-0.25, -0.2) is 14.8 Å². The maximum absolute atomic E-state index is 10.2. The number of esters is 1. The van der Waals surface area contributed by atoms with Crippen LogP contribution in [0.2, 0.25) is 0 Å². The van der Waals surface area contributed by atoms with Crippen molar-refractivity contribution in [2.75, 3.05) is 7.11 Å². The molecule has 4 heteroatoms. The van der Waals surface area contributed by atoms with Crippen molar-refractivity contribution in [1.82, 2.24) is 9.97 Å². The van der Waals surface area contributed by atoms with Crippen LogP contribution in [0.1, 0.15) is 12.7 Å². The number of aromatic nitrogens is 2. The topological polar surface area (TPSA) is 52.1 Å². The Bertz CT molecular complexity index is 334. The third-order valence-electron chi connectivity index (χ3n) is 1.30. The molecule has 1 rings (SSSR count). The van der Waals surface area contributed by atoms with Crippen LogP contribution >= 0.6 is 0 Å². The van der Waals surface area contributed by atoms with Gasteiger partial charge in [0.2, 0.25) is 0 Å². The van der Waals surface area contributed by atoms with E-state index in [9.17, 15) is 4.79 Å². The van der Waals surface area contributed by atoms with Crippen molar-refractivity contribution in [3.8, 4) is 0 Å². The zero-order valence-corrected chi connectivity index (χ0v) is 8.93. The normalized spacial score (nSPS) is 8.13. The predicted molar refractivity (Wildman–Crippen MR) is 59.0 cm³/mol. The van der Waals surface area contributed by atoms with Crippen molar-refractivity contribution in [2.45, 2.75) is 6.92 Å². The molecule has 0 aliphatic rings. The fraction of sp³-hybridized carbons (Fsp3) is 0.182. The predicted octanol–water partition coefficient (Wildman–Crippen LogP) is 1.86. The maximum Gasteiger partial charge on any atom is 0.332 e. The van der Waals surface area contributed by atoms with Gasteiger partial charge in [0, 0.05) is 18.0 Å². The van der Waals surface area contributed by atoms with Gasteiger partial charge in [-0.15, -0.1) is 0 Å². The van der Waals surface area contributed by atoms with Gasteiger partial charge in [0.1, 0.15) is 0 Å². The van der Waals surface area contributed by atoms with E-state index < -0.39 is 0 Å². The number of nitrogens with zero attached hydrogens (tertiary/aromatic N) is 2. The van der Waals surface area contributed by atoms with Crippen LogP contribution in [0, 0.1) is 0 Å². The lowest BCUT2D eigenvalue weighted by Crippen LogP contribution is -1.98. The lowest BCUT2D eigenvalue weighted by atomic mass is 10.4. The molecule has 0 radical (unpaired) electrons. The first-order chi connectivity index (χ1) is 7.11. The molecule has 0 amide bonds. The molecule has 80 valence electrons. The van der Waals surface area contributed by atoms with Crippen LogP contribution < -0.4 is 0 Å². The molecule has 0 saturated carbocycles. The first-order valence-corrected chi connectivity index (χ1v) is 4.25. The zero-order chi connectivity index (χ0) is 11.7. The van der Waals surface area contributed by atoms with Crippen LogP contribution in [0.15, 0.2) is 37.2 Å². The van der Waals surface area contributed by atoms with Crippen molar-refractivity contribution in [1.29, 1.82) is 0 Å². The molecular formula is C11H14N2O2. The van der Waals surface area contributed by atoms with E-state index >= 15 is 0 Å². The Kier molecular flexibility index (Phi) is 6.46. The van der Waals surface area contributed by atoms with Crippen molar-refractivity contribution >= 4 is 12.0 Å². The minimum Gasteiger partial charge on any atom is -0.466 e. The summed E-state index contributed by atoms with van der Waals surface area (Å²) in [5, 5.41) is 0. The summed E-state index contributed by atoms with van der Waals surface area (Å²) in [7, 11) is 1.33. The second kappa shape index (κ2) is 7.44. The Morgan fingerprint density at radius 1 is 1.47 bits per heavy atom. The Morgan fingerprint density at radius 3 is 2.20 bits per heavy atom. The van der Waals surface area contributed by atoms with Crippen LogP contribution in [-0.4, -0.2) is 23.0 Å². The first-order valence-electron chi connectivity index (χ1n) is 4.25. The molecule has 1 aromatic heterocycles. The molecule has 15 heavy (non-hydrogen) atoms. The fourth-order valence-electron chi connectivity index (χ4n) is 0.590. The molecule has 1 heterocycles. The molecule has 4 nitrogen and oxygen atoms in total. The molecule has 0 aliphatic heterocycles. The molecule has 0 bridgehead atoms. The van der Waals surface area contributed by atoms with Crippen molar-refractivity contribution in [3.05, 3.63) is 43.0 Å². The van der Waals surface area contributed by atoms with Crippen molar-refractivity contribution < 1.29 is 9.53 Å². The summed E-state index contributed by atoms with van der Waals surface area (Å²) in [5.41, 5.74) is 0.433. The fourth-order valence-corrected chi connectivity index (χ4v) is 0.590. The van der Waals surface area contributed by atoms with Crippen LogP contribution in [0.4, 0.5) is 0 Å². The van der Waals surface area contributed by atoms with Gasteiger partial charge in [-0.2, -0.15) is 0 Å². The summed E-state index contributed by atoms with van der Waals surface area (Å²) >= 11 is 0. The van der Waals surface area contributed by atoms with E-state index in [1.165, 1.54) is 7.11 Å². The first kappa shape index (κ1) is 13.0. The molecule has 0 spiro atoms. The van der Waals surface area contributed by atoms with Crippen molar-refractivity contribution in [3.63, 3.8) is 0 Å². The molecule has 0 saturated heterocycles. The lowest BCUT2D eigenvalue weighted by molar-refractivity contribution is -0.136. The molecular weight excluding hydrogens is 192 g/mol. The van der Waals surface area contributed by atoms with Crippen LogP contribution in [0.5, 0.6) is 0 Å². The monoisotopic (exact) mass is 206 g/mol.